The molecule has 52 heavy (non-hydrogen) atoms. The van der Waals surface area contributed by atoms with Crippen LogP contribution < -0.4 is 14.8 Å². The smallest absolute Gasteiger partial charge is 0.317 e. The van der Waals surface area contributed by atoms with Crippen molar-refractivity contribution in [2.24, 2.45) is 22.9 Å². The van der Waals surface area contributed by atoms with Crippen LogP contribution in [0.4, 0.5) is 4.79 Å². The first-order valence-corrected chi connectivity index (χ1v) is 18.7. The van der Waals surface area contributed by atoms with Crippen molar-refractivity contribution in [3.05, 3.63) is 60.7 Å². The lowest BCUT2D eigenvalue weighted by molar-refractivity contribution is -0.252. The summed E-state index contributed by atoms with van der Waals surface area (Å²) >= 11 is 0. The normalized spacial score (nSPS) is 25.6. The van der Waals surface area contributed by atoms with Gasteiger partial charge in [0.25, 0.3) is 0 Å². The van der Waals surface area contributed by atoms with E-state index in [1.807, 2.05) is 32.9 Å². The van der Waals surface area contributed by atoms with E-state index in [1.165, 1.54) is 0 Å². The highest BCUT2D eigenvalue weighted by Gasteiger charge is 2.65. The molecule has 6 atom stereocenters. The molecule has 4 N–H and O–H groups in total. The fourth-order valence-corrected chi connectivity index (χ4v) is 7.83. The van der Waals surface area contributed by atoms with Crippen molar-refractivity contribution in [3.63, 3.8) is 0 Å². The van der Waals surface area contributed by atoms with Gasteiger partial charge in [0, 0.05) is 44.7 Å². The molecule has 1 fully saturated rings. The average Bonchev–Trinajstić information content (AvgIpc) is 3.12. The van der Waals surface area contributed by atoms with Gasteiger partial charge in [-0.2, -0.15) is 0 Å². The minimum absolute atomic E-state index is 0.0970. The zero-order valence-electron chi connectivity index (χ0n) is 31.6. The molecule has 3 aliphatic rings. The average molecular weight is 728 g/mol. The Hall–Kier alpha value is -3.42. The van der Waals surface area contributed by atoms with Crippen LogP contribution in [-0.4, -0.2) is 109 Å². The second-order valence-electron chi connectivity index (χ2n) is 14.8. The molecule has 1 aliphatic heterocycles. The first kappa shape index (κ1) is 41.3. The molecule has 2 aliphatic carbocycles. The van der Waals surface area contributed by atoms with E-state index in [-0.39, 0.29) is 70.0 Å². The number of ether oxygens (including phenoxy) is 4. The Morgan fingerprint density at radius 2 is 1.79 bits per heavy atom. The first-order valence-electron chi connectivity index (χ1n) is 18.7. The van der Waals surface area contributed by atoms with Crippen LogP contribution in [0.1, 0.15) is 77.2 Å². The lowest BCUT2D eigenvalue weighted by Crippen LogP contribution is -2.70. The lowest BCUT2D eigenvalue weighted by atomic mass is 9.55. The number of carbonyl (C=O) groups excluding carboxylic acids is 1. The molecule has 0 spiro atoms. The first-order chi connectivity index (χ1) is 25.0. The molecule has 4 rings (SSSR count). The van der Waals surface area contributed by atoms with Crippen LogP contribution in [0.3, 0.4) is 0 Å². The van der Waals surface area contributed by atoms with Crippen LogP contribution in [0.2, 0.25) is 0 Å². The van der Waals surface area contributed by atoms with Crippen molar-refractivity contribution in [2.45, 2.75) is 89.1 Å². The number of fused-ring (bicyclic) bond motifs is 2. The van der Waals surface area contributed by atoms with Gasteiger partial charge in [-0.25, -0.2) is 4.79 Å². The van der Waals surface area contributed by atoms with E-state index in [1.54, 1.807) is 24.1 Å². The molecule has 1 aromatic rings. The number of nitrogens with zero attached hydrogens (tertiary/aromatic N) is 2. The largest absolute Gasteiger partial charge is 0.490 e. The van der Waals surface area contributed by atoms with E-state index in [0.717, 1.165) is 42.5 Å². The molecule has 0 aromatic heterocycles. The summed E-state index contributed by atoms with van der Waals surface area (Å²) < 4.78 is 25.5. The predicted octanol–water partition coefficient (Wildman–Crippen LogP) is 5.33. The minimum atomic E-state index is -1.34. The van der Waals surface area contributed by atoms with Crippen molar-refractivity contribution in [2.75, 3.05) is 59.8 Å². The Bertz CT molecular complexity index is 1390. The summed E-state index contributed by atoms with van der Waals surface area (Å²) in [6.45, 7) is 15.0. The van der Waals surface area contributed by atoms with Crippen LogP contribution >= 0.6 is 0 Å². The molecule has 0 bridgehead atoms. The molecule has 290 valence electrons. The third-order valence-corrected chi connectivity index (χ3v) is 9.99. The minimum Gasteiger partial charge on any atom is -0.490 e. The van der Waals surface area contributed by atoms with E-state index in [2.05, 4.69) is 30.6 Å². The van der Waals surface area contributed by atoms with Crippen LogP contribution in [0.5, 0.6) is 11.5 Å². The number of amides is 2. The van der Waals surface area contributed by atoms with Gasteiger partial charge in [-0.15, -0.1) is 6.58 Å². The van der Waals surface area contributed by atoms with Gasteiger partial charge in [0.05, 0.1) is 38.1 Å². The maximum absolute atomic E-state index is 13.9. The number of urea groups is 1. The lowest BCUT2D eigenvalue weighted by Gasteiger charge is -2.59. The number of benzene rings is 1. The summed E-state index contributed by atoms with van der Waals surface area (Å²) in [6.07, 6.45) is 10.8. The molecule has 1 saturated carbocycles. The highest BCUT2D eigenvalue weighted by Crippen LogP contribution is 2.61. The SMILES string of the molecule is C=CCOc1ccc2c(c1)C1C(CCCCO)C(CCCCO)C=C3C(=NOC(C)(C)C)CC(N(C)C(=O)NCCOCCO)C(OCC=C)(O2)C31. The third-order valence-electron chi connectivity index (χ3n) is 9.99. The number of aliphatic hydroxyl groups is 3. The van der Waals surface area contributed by atoms with Crippen molar-refractivity contribution >= 4 is 11.7 Å². The number of allylic oxidation sites excluding steroid dienone is 1. The van der Waals surface area contributed by atoms with Gasteiger partial charge < -0.3 is 49.3 Å². The van der Waals surface area contributed by atoms with Gasteiger partial charge in [0.1, 0.15) is 29.7 Å². The Labute approximate surface area is 309 Å². The summed E-state index contributed by atoms with van der Waals surface area (Å²) in [7, 11) is 1.74. The zero-order chi connectivity index (χ0) is 37.7. The van der Waals surface area contributed by atoms with E-state index >= 15 is 0 Å². The van der Waals surface area contributed by atoms with E-state index in [9.17, 15) is 15.0 Å². The standard InChI is InChI=1S/C40H61N3O9/c1-7-21-49-29-15-16-34-32(26-29)36-30(14-10-12-19-45)28(13-9-11-18-44)25-31-33(42-52-39(3,4)5)27-35(40(51-34,37(31)36)50-22-8-2)43(6)38(47)41-17-23-48-24-20-46/h7-8,15-16,25-26,28,30,35-37,44-46H,1-2,9-14,17-24,27H2,3-6H3,(H,41,47). The topological polar surface area (TPSA) is 152 Å². The highest BCUT2D eigenvalue weighted by molar-refractivity contribution is 6.03. The third kappa shape index (κ3) is 9.96. The highest BCUT2D eigenvalue weighted by atomic mass is 16.7. The number of rotatable bonds is 21. The van der Waals surface area contributed by atoms with Gasteiger partial charge in [-0.05, 0) is 82.1 Å². The number of carbonyl (C=O) groups is 1. The molecular formula is C40H61N3O9. The van der Waals surface area contributed by atoms with E-state index < -0.39 is 23.3 Å². The maximum atomic E-state index is 13.9. The maximum Gasteiger partial charge on any atom is 0.317 e. The Balaban J connectivity index is 1.95. The van der Waals surface area contributed by atoms with E-state index in [4.69, 9.17) is 34.0 Å². The number of hydrogen-bond donors (Lipinski definition) is 4. The van der Waals surface area contributed by atoms with Gasteiger partial charge in [0.15, 0.2) is 0 Å². The molecule has 0 saturated heterocycles. The van der Waals surface area contributed by atoms with Gasteiger partial charge in [0.2, 0.25) is 5.79 Å². The number of likely N-dealkylation sites (N-methyl/N-ethyl adjacent to an activating group) is 1. The number of hydrogen-bond acceptors (Lipinski definition) is 10. The molecular weight excluding hydrogens is 666 g/mol. The van der Waals surface area contributed by atoms with Crippen molar-refractivity contribution in [3.8, 4) is 11.5 Å². The number of unbranched alkanes of at least 4 members (excludes halogenated alkanes) is 2. The van der Waals surface area contributed by atoms with Crippen LogP contribution in [-0.2, 0) is 14.3 Å². The predicted molar refractivity (Wildman–Crippen MR) is 201 cm³/mol. The van der Waals surface area contributed by atoms with Crippen molar-refractivity contribution in [1.82, 2.24) is 10.2 Å². The second kappa shape index (κ2) is 19.6. The van der Waals surface area contributed by atoms with Crippen LogP contribution in [0, 0.1) is 17.8 Å². The Morgan fingerprint density at radius 1 is 1.06 bits per heavy atom. The molecule has 12 heteroatoms. The summed E-state index contributed by atoms with van der Waals surface area (Å²) in [5.74, 6) is -0.320. The number of oxime groups is 1. The fourth-order valence-electron chi connectivity index (χ4n) is 7.83. The summed E-state index contributed by atoms with van der Waals surface area (Å²) in [4.78, 5) is 21.6. The van der Waals surface area contributed by atoms with Crippen molar-refractivity contribution in [1.29, 1.82) is 0 Å². The van der Waals surface area contributed by atoms with E-state index in [0.29, 0.717) is 37.4 Å². The Morgan fingerprint density at radius 3 is 2.46 bits per heavy atom. The summed E-state index contributed by atoms with van der Waals surface area (Å²) in [5.41, 5.74) is 2.12. The Kier molecular flexibility index (Phi) is 15.6. The molecule has 6 unspecified atom stereocenters. The van der Waals surface area contributed by atoms with Gasteiger partial charge in [-0.1, -0.05) is 42.8 Å². The molecule has 12 nitrogen and oxygen atoms in total. The number of nitrogens with one attached hydrogen (secondary N) is 1. The molecule has 0 radical (unpaired) electrons. The van der Waals surface area contributed by atoms with Crippen LogP contribution in [0.15, 0.2) is 60.3 Å². The second-order valence-corrected chi connectivity index (χ2v) is 14.8. The van der Waals surface area contributed by atoms with Gasteiger partial charge >= 0.3 is 6.03 Å². The molecule has 1 aromatic carbocycles. The zero-order valence-corrected chi connectivity index (χ0v) is 31.6. The summed E-state index contributed by atoms with van der Waals surface area (Å²) in [5, 5.41) is 36.4. The van der Waals surface area contributed by atoms with Crippen LogP contribution in [0.25, 0.3) is 0 Å². The molecule has 2 amide bonds. The van der Waals surface area contributed by atoms with Crippen molar-refractivity contribution < 1.29 is 43.9 Å². The monoisotopic (exact) mass is 727 g/mol. The number of aliphatic hydroxyl groups excluding tert-OH is 3. The fraction of sp³-hybridized carbons (Fsp3) is 0.650. The molecule has 1 heterocycles. The quantitative estimate of drug-likeness (QED) is 0.0748. The summed E-state index contributed by atoms with van der Waals surface area (Å²) in [6, 6.07) is 4.88. The van der Waals surface area contributed by atoms with Gasteiger partial charge in [-0.3, -0.25) is 0 Å².